The smallest absolute Gasteiger partial charge is 0.860 e. The van der Waals surface area contributed by atoms with Crippen LogP contribution in [0.2, 0.25) is 0 Å². The van der Waals surface area contributed by atoms with E-state index in [0.29, 0.717) is 11.1 Å². The number of nitrogens with one attached hydrogen (secondary N) is 2. The maximum absolute atomic E-state index is 12.1. The van der Waals surface area contributed by atoms with Crippen LogP contribution in [0.1, 0.15) is 41.5 Å². The first-order chi connectivity index (χ1) is 8.49. The summed E-state index contributed by atoms with van der Waals surface area (Å²) in [7, 11) is 0. The zero-order chi connectivity index (χ0) is 14.8. The molecule has 106 valence electrons. The maximum atomic E-state index is 12.1. The molecule has 0 radical (unpaired) electrons. The summed E-state index contributed by atoms with van der Waals surface area (Å²) in [6.45, 7) is 11.4. The largest absolute Gasteiger partial charge is 1.00 e. The van der Waals surface area contributed by atoms with Gasteiger partial charge in [-0.05, 0) is 59.1 Å². The Morgan fingerprint density at radius 2 is 1.55 bits per heavy atom. The molecule has 1 rings (SSSR count). The van der Waals surface area contributed by atoms with E-state index in [1.807, 2.05) is 41.5 Å². The van der Waals surface area contributed by atoms with Crippen molar-refractivity contribution in [3.63, 3.8) is 0 Å². The second-order valence-corrected chi connectivity index (χ2v) is 6.76. The van der Waals surface area contributed by atoms with E-state index in [2.05, 4.69) is 10.6 Å². The second-order valence-electron chi connectivity index (χ2n) is 6.76. The summed E-state index contributed by atoms with van der Waals surface area (Å²) in [5, 5.41) is 17.8. The predicted molar refractivity (Wildman–Crippen MR) is 75.0 cm³/mol. The molecule has 0 aromatic heterocycles. The van der Waals surface area contributed by atoms with E-state index in [0.717, 1.165) is 0 Å². The van der Waals surface area contributed by atoms with Gasteiger partial charge in [0.2, 0.25) is 0 Å². The van der Waals surface area contributed by atoms with Crippen molar-refractivity contribution in [2.75, 3.05) is 0 Å². The maximum Gasteiger partial charge on any atom is 1.00 e. The van der Waals surface area contributed by atoms with Gasteiger partial charge in [0.15, 0.2) is 0 Å². The van der Waals surface area contributed by atoms with Crippen molar-refractivity contribution in [2.24, 2.45) is 0 Å². The van der Waals surface area contributed by atoms with Crippen LogP contribution in [0.15, 0.2) is 35.3 Å². The van der Waals surface area contributed by atoms with Crippen LogP contribution in [0.3, 0.4) is 0 Å². The standard InChI is InChI=1S/C15H24N2O2.Na/c1-14(2,3)16-12(18)10-8-7-9-11(10)13(19)17-15(4,5)6;/h7-9,16,18H,1-6H3,(H,17,19);/q;+1/p-1. The van der Waals surface area contributed by atoms with E-state index in [4.69, 9.17) is 0 Å². The average molecular weight is 286 g/mol. The third-order valence-electron chi connectivity index (χ3n) is 2.28. The second kappa shape index (κ2) is 6.83. The van der Waals surface area contributed by atoms with E-state index in [1.54, 1.807) is 18.2 Å². The first kappa shape index (κ1) is 19.3. The van der Waals surface area contributed by atoms with Gasteiger partial charge in [-0.1, -0.05) is 12.2 Å². The predicted octanol–water partition coefficient (Wildman–Crippen LogP) is -1.64. The van der Waals surface area contributed by atoms with E-state index in [-0.39, 0.29) is 52.4 Å². The number of carbonyl (C=O) groups is 1. The van der Waals surface area contributed by atoms with E-state index in [1.165, 1.54) is 0 Å². The summed E-state index contributed by atoms with van der Waals surface area (Å²) < 4.78 is 0. The quantitative estimate of drug-likeness (QED) is 0.473. The number of allylic oxidation sites excluding steroid dienone is 3. The third kappa shape index (κ3) is 6.16. The molecule has 0 atom stereocenters. The van der Waals surface area contributed by atoms with Crippen LogP contribution in [-0.4, -0.2) is 17.0 Å². The topological polar surface area (TPSA) is 64.2 Å². The van der Waals surface area contributed by atoms with Crippen LogP contribution in [-0.2, 0) is 4.79 Å². The van der Waals surface area contributed by atoms with Crippen molar-refractivity contribution in [3.8, 4) is 0 Å². The molecule has 1 amide bonds. The molecule has 0 aliphatic heterocycles. The number of hydrogen-bond acceptors (Lipinski definition) is 3. The molecular formula is C15H23N2NaO2. The number of amides is 1. The molecule has 0 spiro atoms. The minimum Gasteiger partial charge on any atom is -0.860 e. The Bertz CT molecular complexity index is 463. The monoisotopic (exact) mass is 286 g/mol. The Kier molecular flexibility index (Phi) is 6.59. The summed E-state index contributed by atoms with van der Waals surface area (Å²) in [5.74, 6) is -0.451. The first-order valence-corrected chi connectivity index (χ1v) is 6.40. The molecular weight excluding hydrogens is 263 g/mol. The summed E-state index contributed by atoms with van der Waals surface area (Å²) in [6, 6.07) is 0. The van der Waals surface area contributed by atoms with Gasteiger partial charge in [-0.2, -0.15) is 0 Å². The summed E-state index contributed by atoms with van der Waals surface area (Å²) in [4.78, 5) is 12.1. The van der Waals surface area contributed by atoms with Crippen LogP contribution in [0.25, 0.3) is 0 Å². The minimum atomic E-state index is -0.327. The van der Waals surface area contributed by atoms with Gasteiger partial charge in [-0.3, -0.25) is 4.79 Å². The number of carbonyl (C=O) groups excluding carboxylic acids is 1. The molecule has 4 nitrogen and oxygen atoms in total. The van der Waals surface area contributed by atoms with Crippen LogP contribution < -0.4 is 45.3 Å². The van der Waals surface area contributed by atoms with Crippen LogP contribution in [0.4, 0.5) is 0 Å². The number of hydrogen-bond donors (Lipinski definition) is 2. The Labute approximate surface area is 143 Å². The van der Waals surface area contributed by atoms with Crippen molar-refractivity contribution >= 4 is 5.91 Å². The van der Waals surface area contributed by atoms with Gasteiger partial charge in [0.1, 0.15) is 0 Å². The Morgan fingerprint density at radius 1 is 1.05 bits per heavy atom. The molecule has 5 heteroatoms. The molecule has 0 heterocycles. The molecule has 0 bridgehead atoms. The molecule has 0 fully saturated rings. The van der Waals surface area contributed by atoms with Crippen molar-refractivity contribution in [2.45, 2.75) is 52.6 Å². The van der Waals surface area contributed by atoms with Crippen molar-refractivity contribution in [1.29, 1.82) is 0 Å². The molecule has 0 saturated carbocycles. The first-order valence-electron chi connectivity index (χ1n) is 6.40. The molecule has 20 heavy (non-hydrogen) atoms. The van der Waals surface area contributed by atoms with Gasteiger partial charge in [0.05, 0.1) is 0 Å². The average Bonchev–Trinajstić information content (AvgIpc) is 2.59. The van der Waals surface area contributed by atoms with Gasteiger partial charge < -0.3 is 15.7 Å². The molecule has 1 aliphatic rings. The Morgan fingerprint density at radius 3 is 2.00 bits per heavy atom. The molecule has 0 aromatic carbocycles. The Balaban J connectivity index is 0.00000361. The van der Waals surface area contributed by atoms with Gasteiger partial charge in [-0.25, -0.2) is 0 Å². The zero-order valence-corrected chi connectivity index (χ0v) is 15.5. The van der Waals surface area contributed by atoms with Gasteiger partial charge >= 0.3 is 29.6 Å². The van der Waals surface area contributed by atoms with Crippen LogP contribution in [0, 0.1) is 0 Å². The third-order valence-corrected chi connectivity index (χ3v) is 2.28. The molecule has 0 saturated heterocycles. The summed E-state index contributed by atoms with van der Waals surface area (Å²) in [6.07, 6.45) is 5.05. The fraction of sp³-hybridized carbons (Fsp3) is 0.533. The Hall–Kier alpha value is -0.710. The zero-order valence-electron chi connectivity index (χ0n) is 13.5. The van der Waals surface area contributed by atoms with Gasteiger partial charge in [0, 0.05) is 16.7 Å². The van der Waals surface area contributed by atoms with E-state index in [9.17, 15) is 9.90 Å². The summed E-state index contributed by atoms with van der Waals surface area (Å²) in [5.41, 5.74) is 0.173. The van der Waals surface area contributed by atoms with Crippen LogP contribution in [0.5, 0.6) is 0 Å². The van der Waals surface area contributed by atoms with Crippen molar-refractivity contribution < 1.29 is 39.5 Å². The fourth-order valence-corrected chi connectivity index (χ4v) is 1.63. The van der Waals surface area contributed by atoms with Crippen molar-refractivity contribution in [3.05, 3.63) is 35.3 Å². The van der Waals surface area contributed by atoms with Crippen LogP contribution >= 0.6 is 0 Å². The molecule has 1 aliphatic carbocycles. The molecule has 0 aromatic rings. The van der Waals surface area contributed by atoms with E-state index >= 15 is 0 Å². The fourth-order valence-electron chi connectivity index (χ4n) is 1.63. The normalized spacial score (nSPS) is 17.2. The van der Waals surface area contributed by atoms with Gasteiger partial charge in [0.25, 0.3) is 5.91 Å². The van der Waals surface area contributed by atoms with E-state index < -0.39 is 0 Å². The molecule has 0 unspecified atom stereocenters. The summed E-state index contributed by atoms with van der Waals surface area (Å²) >= 11 is 0. The van der Waals surface area contributed by atoms with Gasteiger partial charge in [-0.15, -0.1) is 0 Å². The number of rotatable bonds is 2. The SMILES string of the molecule is CC(C)(C)NC(=O)C1=CC=CC1=C([O-])NC(C)(C)C.[Na+]. The minimum absolute atomic E-state index is 0. The molecule has 2 N–H and O–H groups in total. The van der Waals surface area contributed by atoms with Crippen molar-refractivity contribution in [1.82, 2.24) is 10.6 Å².